The smallest absolute Gasteiger partial charge is 0.157 e. The lowest BCUT2D eigenvalue weighted by atomic mass is 9.74. The summed E-state index contributed by atoms with van der Waals surface area (Å²) >= 11 is 0. The van der Waals surface area contributed by atoms with Crippen LogP contribution in [-0.2, 0) is 25.5 Å². The number of hydrogen-bond acceptors (Lipinski definition) is 5. The van der Waals surface area contributed by atoms with Gasteiger partial charge < -0.3 is 5.11 Å². The van der Waals surface area contributed by atoms with E-state index in [2.05, 4.69) is 16.9 Å². The molecule has 5 rings (SSSR count). The molecule has 1 aromatic carbocycles. The van der Waals surface area contributed by atoms with E-state index < -0.39 is 5.60 Å². The van der Waals surface area contributed by atoms with Crippen LogP contribution in [0.15, 0.2) is 36.7 Å². The minimum Gasteiger partial charge on any atom is -0.385 e. The zero-order valence-corrected chi connectivity index (χ0v) is 20.0. The predicted octanol–water partition coefficient (Wildman–Crippen LogP) is 4.34. The van der Waals surface area contributed by atoms with Gasteiger partial charge in [0.05, 0.1) is 28.4 Å². The first-order valence-electron chi connectivity index (χ1n) is 11.7. The molecule has 1 aliphatic rings. The molecule has 4 aromatic rings. The first kappa shape index (κ1) is 22.4. The van der Waals surface area contributed by atoms with Crippen molar-refractivity contribution >= 4 is 0 Å². The summed E-state index contributed by atoms with van der Waals surface area (Å²) in [5.74, 6) is 0.418. The van der Waals surface area contributed by atoms with Gasteiger partial charge in [0.15, 0.2) is 5.82 Å². The molecule has 8 heteroatoms. The molecular formula is C26H29FN6O. The number of rotatable bonds is 6. The first-order valence-corrected chi connectivity index (χ1v) is 11.7. The molecule has 1 aliphatic carbocycles. The fraction of sp³-hybridized carbons (Fsp3) is 0.385. The third-order valence-corrected chi connectivity index (χ3v) is 6.91. The van der Waals surface area contributed by atoms with Crippen LogP contribution in [0.1, 0.15) is 60.1 Å². The Morgan fingerprint density at radius 2 is 1.82 bits per heavy atom. The van der Waals surface area contributed by atoms with Gasteiger partial charge in [-0.15, -0.1) is 0 Å². The topological polar surface area (TPSA) is 81.7 Å². The van der Waals surface area contributed by atoms with E-state index >= 15 is 0 Å². The van der Waals surface area contributed by atoms with Gasteiger partial charge in [0.25, 0.3) is 0 Å². The quantitative estimate of drug-likeness (QED) is 0.463. The molecule has 0 amide bonds. The zero-order valence-electron chi connectivity index (χ0n) is 20.0. The monoisotopic (exact) mass is 460 g/mol. The van der Waals surface area contributed by atoms with Crippen molar-refractivity contribution in [1.82, 2.24) is 29.5 Å². The molecule has 1 saturated carbocycles. The number of aryl methyl sites for hydroxylation is 2. The molecule has 1 fully saturated rings. The molecule has 1 N–H and O–H groups in total. The van der Waals surface area contributed by atoms with Crippen molar-refractivity contribution in [3.8, 4) is 17.1 Å². The van der Waals surface area contributed by atoms with Gasteiger partial charge in [-0.25, -0.2) is 19.0 Å². The molecular weight excluding hydrogens is 431 g/mol. The van der Waals surface area contributed by atoms with E-state index in [0.29, 0.717) is 12.2 Å². The van der Waals surface area contributed by atoms with Gasteiger partial charge >= 0.3 is 0 Å². The largest absolute Gasteiger partial charge is 0.385 e. The van der Waals surface area contributed by atoms with Gasteiger partial charge in [0.1, 0.15) is 12.1 Å². The Balaban J connectivity index is 1.49. The molecule has 3 heterocycles. The first-order chi connectivity index (χ1) is 16.3. The SMILES string of the molecule is CCc1c(Cc2cc(-n3nc(C)c(C4(O)CCC4)c3C)ncn2)nn(C)c1-c1ccc(F)cc1. The second kappa shape index (κ2) is 8.43. The van der Waals surface area contributed by atoms with E-state index in [1.807, 2.05) is 31.6 Å². The predicted molar refractivity (Wildman–Crippen MR) is 127 cm³/mol. The Morgan fingerprint density at radius 1 is 1.09 bits per heavy atom. The molecule has 0 saturated heterocycles. The van der Waals surface area contributed by atoms with Gasteiger partial charge in [-0.3, -0.25) is 4.68 Å². The summed E-state index contributed by atoms with van der Waals surface area (Å²) in [6.45, 7) is 6.02. The average molecular weight is 461 g/mol. The molecule has 0 atom stereocenters. The minimum atomic E-state index is -0.775. The van der Waals surface area contributed by atoms with Gasteiger partial charge in [0.2, 0.25) is 0 Å². The Bertz CT molecular complexity index is 1350. The van der Waals surface area contributed by atoms with Crippen LogP contribution in [-0.4, -0.2) is 34.6 Å². The number of halogens is 1. The fourth-order valence-electron chi connectivity index (χ4n) is 5.18. The highest BCUT2D eigenvalue weighted by Crippen LogP contribution is 2.44. The number of nitrogens with zero attached hydrogens (tertiary/aromatic N) is 6. The fourth-order valence-corrected chi connectivity index (χ4v) is 5.18. The van der Waals surface area contributed by atoms with E-state index in [1.54, 1.807) is 23.1 Å². The minimum absolute atomic E-state index is 0.255. The van der Waals surface area contributed by atoms with Crippen LogP contribution in [0, 0.1) is 19.7 Å². The maximum atomic E-state index is 13.4. The third kappa shape index (κ3) is 3.72. The standard InChI is InChI=1S/C26H29FN6O/c1-5-21-22(31-32(4)25(21)18-7-9-19(27)10-8-18)13-20-14-23(29-15-28-20)33-17(3)24(16(2)30-33)26(34)11-6-12-26/h7-10,14-15,34H,5-6,11-13H2,1-4H3. The Hall–Kier alpha value is -3.39. The van der Waals surface area contributed by atoms with Crippen LogP contribution >= 0.6 is 0 Å². The van der Waals surface area contributed by atoms with E-state index in [1.165, 1.54) is 12.1 Å². The molecule has 0 spiro atoms. The highest BCUT2D eigenvalue weighted by molar-refractivity contribution is 5.65. The number of aromatic nitrogens is 6. The molecule has 0 bridgehead atoms. The maximum Gasteiger partial charge on any atom is 0.157 e. The summed E-state index contributed by atoms with van der Waals surface area (Å²) in [7, 11) is 1.91. The molecule has 0 aliphatic heterocycles. The Labute approximate surface area is 198 Å². The molecule has 7 nitrogen and oxygen atoms in total. The lowest BCUT2D eigenvalue weighted by Gasteiger charge is -2.37. The van der Waals surface area contributed by atoms with Gasteiger partial charge in [-0.05, 0) is 63.8 Å². The van der Waals surface area contributed by atoms with Gasteiger partial charge in [-0.2, -0.15) is 10.2 Å². The highest BCUT2D eigenvalue weighted by atomic mass is 19.1. The summed E-state index contributed by atoms with van der Waals surface area (Å²) in [6, 6.07) is 8.45. The Kier molecular flexibility index (Phi) is 5.56. The molecule has 0 radical (unpaired) electrons. The lowest BCUT2D eigenvalue weighted by molar-refractivity contribution is -0.0398. The van der Waals surface area contributed by atoms with E-state index in [-0.39, 0.29) is 5.82 Å². The van der Waals surface area contributed by atoms with Crippen molar-refractivity contribution < 1.29 is 9.50 Å². The van der Waals surface area contributed by atoms with Crippen LogP contribution in [0.2, 0.25) is 0 Å². The van der Waals surface area contributed by atoms with Crippen molar-refractivity contribution in [2.75, 3.05) is 0 Å². The van der Waals surface area contributed by atoms with E-state index in [0.717, 1.165) is 70.8 Å². The maximum absolute atomic E-state index is 13.4. The zero-order chi connectivity index (χ0) is 24.0. The highest BCUT2D eigenvalue weighted by Gasteiger charge is 2.40. The van der Waals surface area contributed by atoms with Crippen LogP contribution in [0.5, 0.6) is 0 Å². The van der Waals surface area contributed by atoms with Crippen molar-refractivity contribution in [2.45, 2.75) is 58.5 Å². The van der Waals surface area contributed by atoms with Gasteiger partial charge in [0, 0.05) is 41.9 Å². The Morgan fingerprint density at radius 3 is 2.47 bits per heavy atom. The van der Waals surface area contributed by atoms with Crippen molar-refractivity contribution in [1.29, 1.82) is 0 Å². The summed E-state index contributed by atoms with van der Waals surface area (Å²) in [5, 5.41) is 20.4. The molecule has 176 valence electrons. The van der Waals surface area contributed by atoms with Crippen LogP contribution in [0.3, 0.4) is 0 Å². The normalized spacial score (nSPS) is 14.9. The second-order valence-corrected chi connectivity index (χ2v) is 9.14. The number of hydrogen-bond donors (Lipinski definition) is 1. The molecule has 3 aromatic heterocycles. The van der Waals surface area contributed by atoms with Gasteiger partial charge in [-0.1, -0.05) is 6.92 Å². The van der Waals surface area contributed by atoms with Crippen LogP contribution < -0.4 is 0 Å². The van der Waals surface area contributed by atoms with Crippen molar-refractivity contribution in [2.24, 2.45) is 7.05 Å². The summed E-state index contributed by atoms with van der Waals surface area (Å²) < 4.78 is 17.1. The van der Waals surface area contributed by atoms with Crippen molar-refractivity contribution in [3.63, 3.8) is 0 Å². The number of benzene rings is 1. The van der Waals surface area contributed by atoms with Crippen molar-refractivity contribution in [3.05, 3.63) is 76.4 Å². The number of aliphatic hydroxyl groups is 1. The lowest BCUT2D eigenvalue weighted by Crippen LogP contribution is -2.34. The van der Waals surface area contributed by atoms with Crippen LogP contribution in [0.4, 0.5) is 4.39 Å². The molecule has 34 heavy (non-hydrogen) atoms. The summed E-state index contributed by atoms with van der Waals surface area (Å²) in [4.78, 5) is 8.95. The van der Waals surface area contributed by atoms with E-state index in [4.69, 9.17) is 10.2 Å². The third-order valence-electron chi connectivity index (χ3n) is 6.91. The van der Waals surface area contributed by atoms with E-state index in [9.17, 15) is 9.50 Å². The van der Waals surface area contributed by atoms with Crippen LogP contribution in [0.25, 0.3) is 17.1 Å². The molecule has 0 unspecified atom stereocenters. The second-order valence-electron chi connectivity index (χ2n) is 9.14. The summed E-state index contributed by atoms with van der Waals surface area (Å²) in [5.41, 5.74) is 6.71. The summed E-state index contributed by atoms with van der Waals surface area (Å²) in [6.07, 6.45) is 5.46. The average Bonchev–Trinajstić information content (AvgIpc) is 3.27.